The minimum absolute atomic E-state index is 0.322. The van der Waals surface area contributed by atoms with Crippen LogP contribution in [0.1, 0.15) is 36.8 Å². The van der Waals surface area contributed by atoms with Crippen LogP contribution in [0.2, 0.25) is 0 Å². The molecule has 1 fully saturated rings. The minimum atomic E-state index is -3.36. The molecule has 0 radical (unpaired) electrons. The summed E-state index contributed by atoms with van der Waals surface area (Å²) in [6.45, 7) is 1.84. The van der Waals surface area contributed by atoms with Gasteiger partial charge in [-0.3, -0.25) is 4.72 Å². The molecule has 0 bridgehead atoms. The van der Waals surface area contributed by atoms with Crippen molar-refractivity contribution in [2.24, 2.45) is 0 Å². The molecule has 2 rings (SSSR count). The summed E-state index contributed by atoms with van der Waals surface area (Å²) in [5.74, 6) is -1.04. The summed E-state index contributed by atoms with van der Waals surface area (Å²) in [6.07, 6.45) is 5.81. The van der Waals surface area contributed by atoms with Crippen LogP contribution in [0.25, 0.3) is 6.08 Å². The van der Waals surface area contributed by atoms with Gasteiger partial charge in [0, 0.05) is 11.8 Å². The third kappa shape index (κ3) is 4.07. The lowest BCUT2D eigenvalue weighted by Crippen LogP contribution is -2.25. The molecule has 0 heterocycles. The number of benzene rings is 1. The molecule has 0 amide bonds. The fourth-order valence-corrected chi connectivity index (χ4v) is 4.07. The van der Waals surface area contributed by atoms with Crippen molar-refractivity contribution in [2.75, 3.05) is 4.72 Å². The van der Waals surface area contributed by atoms with Crippen LogP contribution in [0.5, 0.6) is 0 Å². The summed E-state index contributed by atoms with van der Waals surface area (Å²) >= 11 is 0. The summed E-state index contributed by atoms with van der Waals surface area (Å²) in [5.41, 5.74) is 2.04. The zero-order chi connectivity index (χ0) is 15.5. The molecule has 0 atom stereocenters. The first-order valence-electron chi connectivity index (χ1n) is 6.92. The third-order valence-corrected chi connectivity index (χ3v) is 5.56. The Labute approximate surface area is 124 Å². The maximum atomic E-state index is 12.2. The van der Waals surface area contributed by atoms with E-state index in [1.54, 1.807) is 18.2 Å². The number of nitrogens with one attached hydrogen (secondary N) is 1. The zero-order valence-corrected chi connectivity index (χ0v) is 12.7. The van der Waals surface area contributed by atoms with E-state index in [2.05, 4.69) is 4.72 Å². The molecule has 21 heavy (non-hydrogen) atoms. The number of aliphatic carboxylic acids is 1. The molecule has 114 valence electrons. The zero-order valence-electron chi connectivity index (χ0n) is 11.9. The summed E-state index contributed by atoms with van der Waals surface area (Å²) < 4.78 is 27.1. The Kier molecular flexibility index (Phi) is 4.67. The number of anilines is 1. The number of carboxylic acid groups (broad SMARTS) is 1. The molecule has 0 aliphatic heterocycles. The van der Waals surface area contributed by atoms with Gasteiger partial charge in [-0.25, -0.2) is 13.2 Å². The monoisotopic (exact) mass is 309 g/mol. The largest absolute Gasteiger partial charge is 0.478 e. The van der Waals surface area contributed by atoms with Crippen molar-refractivity contribution in [1.82, 2.24) is 0 Å². The molecule has 0 unspecified atom stereocenters. The molecule has 2 N–H and O–H groups in total. The molecule has 1 aliphatic rings. The summed E-state index contributed by atoms with van der Waals surface area (Å²) in [4.78, 5) is 10.6. The van der Waals surface area contributed by atoms with Gasteiger partial charge in [-0.15, -0.1) is 0 Å². The normalized spacial score (nSPS) is 16.4. The lowest BCUT2D eigenvalue weighted by Gasteiger charge is -2.14. The van der Waals surface area contributed by atoms with Gasteiger partial charge in [-0.05, 0) is 49.1 Å². The van der Waals surface area contributed by atoms with Gasteiger partial charge >= 0.3 is 5.97 Å². The first-order valence-corrected chi connectivity index (χ1v) is 8.46. The van der Waals surface area contributed by atoms with Crippen molar-refractivity contribution < 1.29 is 18.3 Å². The highest BCUT2D eigenvalue weighted by Crippen LogP contribution is 2.27. The second-order valence-electron chi connectivity index (χ2n) is 5.30. The molecule has 0 saturated heterocycles. The van der Waals surface area contributed by atoms with Gasteiger partial charge in [0.15, 0.2) is 0 Å². The van der Waals surface area contributed by atoms with Crippen molar-refractivity contribution in [3.63, 3.8) is 0 Å². The van der Waals surface area contributed by atoms with Crippen LogP contribution < -0.4 is 4.72 Å². The lowest BCUT2D eigenvalue weighted by molar-refractivity contribution is -0.131. The van der Waals surface area contributed by atoms with E-state index in [0.29, 0.717) is 24.1 Å². The second kappa shape index (κ2) is 6.30. The molecule has 1 saturated carbocycles. The number of sulfonamides is 1. The van der Waals surface area contributed by atoms with Crippen LogP contribution in [0.3, 0.4) is 0 Å². The standard InChI is InChI=1S/C15H19NO4S/c1-11-6-8-13(10-12(11)7-9-15(17)18)16-21(19,20)14-4-2-3-5-14/h6-10,14,16H,2-5H2,1H3,(H,17,18)/b9-7+. The van der Waals surface area contributed by atoms with E-state index in [0.717, 1.165) is 24.5 Å². The highest BCUT2D eigenvalue weighted by Gasteiger charge is 2.28. The molecule has 0 aromatic heterocycles. The van der Waals surface area contributed by atoms with Gasteiger partial charge in [0.2, 0.25) is 10.0 Å². The molecule has 6 heteroatoms. The number of carbonyl (C=O) groups is 1. The van der Waals surface area contributed by atoms with Gasteiger partial charge in [-0.2, -0.15) is 0 Å². The van der Waals surface area contributed by atoms with E-state index in [1.807, 2.05) is 6.92 Å². The molecule has 1 aromatic carbocycles. The van der Waals surface area contributed by atoms with Gasteiger partial charge in [0.25, 0.3) is 0 Å². The first-order chi connectivity index (χ1) is 9.88. The average molecular weight is 309 g/mol. The van der Waals surface area contributed by atoms with E-state index >= 15 is 0 Å². The molecular formula is C15H19NO4S. The molecule has 1 aliphatic carbocycles. The van der Waals surface area contributed by atoms with Crippen molar-refractivity contribution in [3.05, 3.63) is 35.4 Å². The Morgan fingerprint density at radius 2 is 2.00 bits per heavy atom. The predicted molar refractivity (Wildman–Crippen MR) is 82.6 cm³/mol. The van der Waals surface area contributed by atoms with Crippen LogP contribution >= 0.6 is 0 Å². The number of aryl methyl sites for hydroxylation is 1. The Hall–Kier alpha value is -1.82. The topological polar surface area (TPSA) is 83.5 Å². The van der Waals surface area contributed by atoms with E-state index in [9.17, 15) is 13.2 Å². The predicted octanol–water partition coefficient (Wildman–Crippen LogP) is 2.78. The number of rotatable bonds is 5. The first kappa shape index (κ1) is 15.6. The second-order valence-corrected chi connectivity index (χ2v) is 7.26. The number of hydrogen-bond donors (Lipinski definition) is 2. The Bertz CT molecular complexity index is 658. The van der Waals surface area contributed by atoms with Crippen LogP contribution in [0.4, 0.5) is 5.69 Å². The van der Waals surface area contributed by atoms with Gasteiger partial charge in [0.1, 0.15) is 0 Å². The van der Waals surface area contributed by atoms with E-state index in [-0.39, 0.29) is 5.25 Å². The molecule has 5 nitrogen and oxygen atoms in total. The van der Waals surface area contributed by atoms with Gasteiger partial charge in [0.05, 0.1) is 5.25 Å². The van der Waals surface area contributed by atoms with Crippen LogP contribution in [0, 0.1) is 6.92 Å². The summed E-state index contributed by atoms with van der Waals surface area (Å²) in [5, 5.41) is 8.34. The Balaban J connectivity index is 2.21. The summed E-state index contributed by atoms with van der Waals surface area (Å²) in [7, 11) is -3.36. The summed E-state index contributed by atoms with van der Waals surface area (Å²) in [6, 6.07) is 5.12. The van der Waals surface area contributed by atoms with Gasteiger partial charge < -0.3 is 5.11 Å². The van der Waals surface area contributed by atoms with Crippen molar-refractivity contribution >= 4 is 27.8 Å². The van der Waals surface area contributed by atoms with Crippen LogP contribution in [0.15, 0.2) is 24.3 Å². The third-order valence-electron chi connectivity index (χ3n) is 3.69. The van der Waals surface area contributed by atoms with Gasteiger partial charge in [-0.1, -0.05) is 18.9 Å². The average Bonchev–Trinajstić information content (AvgIpc) is 2.93. The Morgan fingerprint density at radius 1 is 1.33 bits per heavy atom. The SMILES string of the molecule is Cc1ccc(NS(=O)(=O)C2CCCC2)cc1/C=C/C(=O)O. The lowest BCUT2D eigenvalue weighted by atomic mass is 10.1. The highest BCUT2D eigenvalue weighted by atomic mass is 32.2. The fraction of sp³-hybridized carbons (Fsp3) is 0.400. The Morgan fingerprint density at radius 3 is 2.62 bits per heavy atom. The number of carboxylic acids is 1. The van der Waals surface area contributed by atoms with Crippen molar-refractivity contribution in [1.29, 1.82) is 0 Å². The minimum Gasteiger partial charge on any atom is -0.478 e. The van der Waals surface area contributed by atoms with E-state index in [4.69, 9.17) is 5.11 Å². The molecule has 1 aromatic rings. The van der Waals surface area contributed by atoms with Crippen molar-refractivity contribution in [2.45, 2.75) is 37.9 Å². The van der Waals surface area contributed by atoms with E-state index in [1.165, 1.54) is 6.08 Å². The molecule has 0 spiro atoms. The fourth-order valence-electron chi connectivity index (χ4n) is 2.49. The van der Waals surface area contributed by atoms with Crippen molar-refractivity contribution in [3.8, 4) is 0 Å². The highest BCUT2D eigenvalue weighted by molar-refractivity contribution is 7.93. The van der Waals surface area contributed by atoms with Crippen LogP contribution in [-0.4, -0.2) is 24.7 Å². The number of hydrogen-bond acceptors (Lipinski definition) is 3. The maximum Gasteiger partial charge on any atom is 0.328 e. The maximum absolute atomic E-state index is 12.2. The quantitative estimate of drug-likeness (QED) is 0.819. The molecular weight excluding hydrogens is 290 g/mol. The smallest absolute Gasteiger partial charge is 0.328 e. The van der Waals surface area contributed by atoms with Crippen LogP contribution in [-0.2, 0) is 14.8 Å². The van der Waals surface area contributed by atoms with E-state index < -0.39 is 16.0 Å².